The van der Waals surface area contributed by atoms with E-state index in [4.69, 9.17) is 14.2 Å². The summed E-state index contributed by atoms with van der Waals surface area (Å²) in [6.45, 7) is 2.74. The van der Waals surface area contributed by atoms with Crippen LogP contribution >= 0.6 is 11.3 Å². The number of esters is 1. The summed E-state index contributed by atoms with van der Waals surface area (Å²) in [5, 5.41) is 5.77. The summed E-state index contributed by atoms with van der Waals surface area (Å²) in [6, 6.07) is 15.3. The second kappa shape index (κ2) is 11.7. The average Bonchev–Trinajstić information content (AvgIpc) is 3.35. The highest BCUT2D eigenvalue weighted by atomic mass is 32.1. The molecule has 0 aliphatic carbocycles. The minimum atomic E-state index is -0.506. The van der Waals surface area contributed by atoms with Crippen molar-refractivity contribution >= 4 is 29.4 Å². The number of carbonyl (C=O) groups is 2. The molecule has 0 bridgehead atoms. The third-order valence-electron chi connectivity index (χ3n) is 4.37. The largest absolute Gasteiger partial charge is 0.494 e. The van der Waals surface area contributed by atoms with Gasteiger partial charge in [0.1, 0.15) is 5.75 Å². The number of carbonyl (C=O) groups excluding carboxylic acids is 2. The minimum Gasteiger partial charge on any atom is -0.494 e. The molecule has 1 heterocycles. The lowest BCUT2D eigenvalue weighted by Gasteiger charge is -2.10. The van der Waals surface area contributed by atoms with Crippen LogP contribution < -0.4 is 19.6 Å². The summed E-state index contributed by atoms with van der Waals surface area (Å²) in [7, 11) is 1.48. The van der Waals surface area contributed by atoms with Crippen molar-refractivity contribution in [2.24, 2.45) is 5.10 Å². The Bertz CT molecular complexity index is 1060. The zero-order valence-corrected chi connectivity index (χ0v) is 18.7. The normalized spacial score (nSPS) is 10.7. The summed E-state index contributed by atoms with van der Waals surface area (Å²) < 4.78 is 16.4. The highest BCUT2D eigenvalue weighted by molar-refractivity contribution is 7.12. The highest BCUT2D eigenvalue weighted by Crippen LogP contribution is 2.28. The molecule has 166 valence electrons. The Morgan fingerprint density at radius 1 is 1.09 bits per heavy atom. The molecule has 2 aromatic carbocycles. The first kappa shape index (κ1) is 23.0. The van der Waals surface area contributed by atoms with E-state index in [9.17, 15) is 9.59 Å². The van der Waals surface area contributed by atoms with Crippen LogP contribution in [0.3, 0.4) is 0 Å². The lowest BCUT2D eigenvalue weighted by atomic mass is 10.2. The number of hydrogen-bond donors (Lipinski definition) is 1. The summed E-state index contributed by atoms with van der Waals surface area (Å²) in [5.74, 6) is 0.568. The number of ether oxygens (including phenoxy) is 3. The zero-order valence-electron chi connectivity index (χ0n) is 17.9. The number of rotatable bonds is 10. The van der Waals surface area contributed by atoms with Crippen LogP contribution in [0.4, 0.5) is 0 Å². The molecule has 0 atom stereocenters. The molecule has 1 N–H and O–H groups in total. The van der Waals surface area contributed by atoms with Gasteiger partial charge in [-0.3, -0.25) is 4.79 Å². The number of hydrogen-bond acceptors (Lipinski definition) is 7. The van der Waals surface area contributed by atoms with Crippen molar-refractivity contribution in [3.05, 3.63) is 76.0 Å². The van der Waals surface area contributed by atoms with Gasteiger partial charge < -0.3 is 14.2 Å². The fraction of sp³-hybridized carbons (Fsp3) is 0.208. The molecular formula is C24H24N2O5S. The van der Waals surface area contributed by atoms with E-state index in [0.717, 1.165) is 12.8 Å². The van der Waals surface area contributed by atoms with Gasteiger partial charge in [-0.05, 0) is 65.9 Å². The Balaban J connectivity index is 1.61. The molecule has 7 nitrogen and oxygen atoms in total. The molecule has 0 spiro atoms. The molecule has 0 saturated heterocycles. The molecule has 3 aromatic rings. The van der Waals surface area contributed by atoms with Gasteiger partial charge in [-0.1, -0.05) is 19.4 Å². The van der Waals surface area contributed by atoms with Gasteiger partial charge in [0.2, 0.25) is 0 Å². The van der Waals surface area contributed by atoms with E-state index in [2.05, 4.69) is 17.5 Å². The number of methoxy groups -OCH3 is 1. The number of nitrogens with one attached hydrogen (secondary N) is 1. The zero-order chi connectivity index (χ0) is 22.8. The number of nitrogens with zero attached hydrogens (tertiary/aromatic N) is 1. The fourth-order valence-electron chi connectivity index (χ4n) is 2.66. The highest BCUT2D eigenvalue weighted by Gasteiger charge is 2.13. The predicted octanol–water partition coefficient (Wildman–Crippen LogP) is 4.92. The van der Waals surface area contributed by atoms with Crippen molar-refractivity contribution in [1.29, 1.82) is 0 Å². The van der Waals surface area contributed by atoms with Crippen molar-refractivity contribution in [2.75, 3.05) is 13.7 Å². The van der Waals surface area contributed by atoms with Crippen molar-refractivity contribution in [2.45, 2.75) is 19.8 Å². The summed E-state index contributed by atoms with van der Waals surface area (Å²) in [5.41, 5.74) is 3.53. The lowest BCUT2D eigenvalue weighted by Crippen LogP contribution is -2.16. The number of hydrazone groups is 1. The van der Waals surface area contributed by atoms with Gasteiger partial charge in [-0.15, -0.1) is 11.3 Å². The maximum Gasteiger partial charge on any atom is 0.343 e. The summed E-state index contributed by atoms with van der Waals surface area (Å²) in [4.78, 5) is 25.0. The minimum absolute atomic E-state index is 0.278. The second-order valence-electron chi connectivity index (χ2n) is 6.70. The Morgan fingerprint density at radius 2 is 1.91 bits per heavy atom. The molecule has 3 rings (SSSR count). The van der Waals surface area contributed by atoms with E-state index >= 15 is 0 Å². The van der Waals surface area contributed by atoms with Crippen LogP contribution in [0.1, 0.15) is 45.4 Å². The number of unbranched alkanes of at least 4 members (excludes halogenated alkanes) is 1. The van der Waals surface area contributed by atoms with Gasteiger partial charge in [0.15, 0.2) is 11.5 Å². The van der Waals surface area contributed by atoms with Crippen LogP contribution in [0.2, 0.25) is 0 Å². The van der Waals surface area contributed by atoms with E-state index < -0.39 is 5.97 Å². The van der Waals surface area contributed by atoms with E-state index in [1.54, 1.807) is 54.6 Å². The van der Waals surface area contributed by atoms with E-state index in [-0.39, 0.29) is 11.7 Å². The van der Waals surface area contributed by atoms with Crippen LogP contribution in [0.25, 0.3) is 0 Å². The molecule has 1 amide bonds. The molecular weight excluding hydrogens is 428 g/mol. The molecule has 8 heteroatoms. The van der Waals surface area contributed by atoms with Gasteiger partial charge in [0.25, 0.3) is 5.91 Å². The second-order valence-corrected chi connectivity index (χ2v) is 7.65. The molecule has 1 aromatic heterocycles. The third kappa shape index (κ3) is 6.42. The van der Waals surface area contributed by atoms with Crippen LogP contribution in [0.15, 0.2) is 65.1 Å². The van der Waals surface area contributed by atoms with Crippen LogP contribution in [-0.2, 0) is 0 Å². The van der Waals surface area contributed by atoms with Gasteiger partial charge >= 0.3 is 5.97 Å². The first-order valence-corrected chi connectivity index (χ1v) is 11.0. The quantitative estimate of drug-likeness (QED) is 0.155. The monoisotopic (exact) mass is 452 g/mol. The number of benzene rings is 2. The Labute approximate surface area is 190 Å². The van der Waals surface area contributed by atoms with Crippen LogP contribution in [-0.4, -0.2) is 31.8 Å². The van der Waals surface area contributed by atoms with Crippen molar-refractivity contribution < 1.29 is 23.8 Å². The fourth-order valence-corrected chi connectivity index (χ4v) is 3.27. The Kier molecular flexibility index (Phi) is 8.39. The lowest BCUT2D eigenvalue weighted by molar-refractivity contribution is 0.0729. The molecule has 0 aliphatic rings. The molecule has 32 heavy (non-hydrogen) atoms. The molecule has 0 fully saturated rings. The summed E-state index contributed by atoms with van der Waals surface area (Å²) >= 11 is 1.33. The number of amides is 1. The summed E-state index contributed by atoms with van der Waals surface area (Å²) in [6.07, 6.45) is 3.52. The standard InChI is InChI=1S/C24H24N2O5S/c1-3-4-13-30-19-10-8-18(9-11-19)24(28)31-20-12-7-17(15-21(20)29-2)16-25-26-23(27)22-6-5-14-32-22/h5-12,14-16H,3-4,13H2,1-2H3,(H,26,27). The maximum absolute atomic E-state index is 12.5. The predicted molar refractivity (Wildman–Crippen MR) is 124 cm³/mol. The smallest absolute Gasteiger partial charge is 0.343 e. The molecule has 0 unspecified atom stereocenters. The topological polar surface area (TPSA) is 86.2 Å². The van der Waals surface area contributed by atoms with Crippen molar-refractivity contribution in [3.63, 3.8) is 0 Å². The molecule has 0 radical (unpaired) electrons. The van der Waals surface area contributed by atoms with Crippen molar-refractivity contribution in [1.82, 2.24) is 5.43 Å². The van der Waals surface area contributed by atoms with Gasteiger partial charge in [-0.25, -0.2) is 10.2 Å². The first-order chi connectivity index (χ1) is 15.6. The Morgan fingerprint density at radius 3 is 2.59 bits per heavy atom. The van der Waals surface area contributed by atoms with Crippen LogP contribution in [0, 0.1) is 0 Å². The molecule has 0 aliphatic heterocycles. The van der Waals surface area contributed by atoms with Gasteiger partial charge in [-0.2, -0.15) is 5.10 Å². The first-order valence-electron chi connectivity index (χ1n) is 10.1. The van der Waals surface area contributed by atoms with E-state index in [1.807, 2.05) is 5.38 Å². The van der Waals surface area contributed by atoms with E-state index in [1.165, 1.54) is 24.7 Å². The Hall–Kier alpha value is -3.65. The maximum atomic E-state index is 12.5. The SMILES string of the molecule is CCCCOc1ccc(C(=O)Oc2ccc(C=NNC(=O)c3cccs3)cc2OC)cc1. The van der Waals surface area contributed by atoms with Gasteiger partial charge in [0.05, 0.1) is 30.4 Å². The van der Waals surface area contributed by atoms with Crippen LogP contribution in [0.5, 0.6) is 17.2 Å². The van der Waals surface area contributed by atoms with Crippen molar-refractivity contribution in [3.8, 4) is 17.2 Å². The molecule has 0 saturated carbocycles. The number of thiophene rings is 1. The third-order valence-corrected chi connectivity index (χ3v) is 5.24. The van der Waals surface area contributed by atoms with Gasteiger partial charge in [0, 0.05) is 0 Å². The van der Waals surface area contributed by atoms with E-state index in [0.29, 0.717) is 34.1 Å². The average molecular weight is 453 g/mol.